The molecule has 106 valence electrons. The van der Waals surface area contributed by atoms with Gasteiger partial charge in [0.05, 0.1) is 0 Å². The van der Waals surface area contributed by atoms with Gasteiger partial charge in [-0.25, -0.2) is 13.1 Å². The van der Waals surface area contributed by atoms with Gasteiger partial charge >= 0.3 is 0 Å². The van der Waals surface area contributed by atoms with Crippen molar-refractivity contribution in [2.45, 2.75) is 4.90 Å². The highest BCUT2D eigenvalue weighted by atomic mass is 32.2. The van der Waals surface area contributed by atoms with Crippen LogP contribution in [0, 0.1) is 0 Å². The van der Waals surface area contributed by atoms with E-state index >= 15 is 0 Å². The van der Waals surface area contributed by atoms with Gasteiger partial charge in [0.25, 0.3) is 0 Å². The lowest BCUT2D eigenvalue weighted by Crippen LogP contribution is -2.31. The van der Waals surface area contributed by atoms with Gasteiger partial charge < -0.3 is 9.72 Å². The molecule has 0 saturated heterocycles. The standard InChI is InChI=1S/C13H14N2O4S/c16-12-6-7-14-10-13(12)20(17,18)15-8-9-19-11-4-2-1-3-5-11/h1-7,10,15H,8-9H2,(H,14,16). The molecular weight excluding hydrogens is 280 g/mol. The van der Waals surface area contributed by atoms with E-state index in [-0.39, 0.29) is 18.0 Å². The van der Waals surface area contributed by atoms with Crippen LogP contribution in [0.2, 0.25) is 0 Å². The third-order valence-corrected chi connectivity index (χ3v) is 3.97. The number of ether oxygens (including phenoxy) is 1. The van der Waals surface area contributed by atoms with Crippen molar-refractivity contribution in [3.8, 4) is 5.75 Å². The molecule has 1 aromatic heterocycles. The average Bonchev–Trinajstić information content (AvgIpc) is 2.45. The molecular formula is C13H14N2O4S. The minimum atomic E-state index is -3.82. The molecule has 0 aliphatic rings. The van der Waals surface area contributed by atoms with E-state index in [0.29, 0.717) is 5.75 Å². The molecule has 0 saturated carbocycles. The number of hydrogen-bond acceptors (Lipinski definition) is 4. The molecule has 6 nitrogen and oxygen atoms in total. The van der Waals surface area contributed by atoms with Crippen molar-refractivity contribution < 1.29 is 13.2 Å². The van der Waals surface area contributed by atoms with Gasteiger partial charge in [0, 0.05) is 25.0 Å². The highest BCUT2D eigenvalue weighted by molar-refractivity contribution is 7.89. The van der Waals surface area contributed by atoms with E-state index in [4.69, 9.17) is 4.74 Å². The summed E-state index contributed by atoms with van der Waals surface area (Å²) in [7, 11) is -3.82. The fourth-order valence-electron chi connectivity index (χ4n) is 1.55. The molecule has 0 bridgehead atoms. The van der Waals surface area contributed by atoms with Gasteiger partial charge in [-0.3, -0.25) is 4.79 Å². The number of nitrogens with one attached hydrogen (secondary N) is 2. The molecule has 0 amide bonds. The number of H-pyrrole nitrogens is 1. The third kappa shape index (κ3) is 3.69. The summed E-state index contributed by atoms with van der Waals surface area (Å²) in [4.78, 5) is 13.7. The quantitative estimate of drug-likeness (QED) is 0.769. The minimum Gasteiger partial charge on any atom is -0.492 e. The van der Waals surface area contributed by atoms with Crippen molar-refractivity contribution in [2.75, 3.05) is 13.2 Å². The van der Waals surface area contributed by atoms with Crippen LogP contribution in [0.15, 0.2) is 58.5 Å². The zero-order chi connectivity index (χ0) is 14.4. The Balaban J connectivity index is 1.91. The molecule has 2 rings (SSSR count). The van der Waals surface area contributed by atoms with Crippen molar-refractivity contribution in [3.63, 3.8) is 0 Å². The monoisotopic (exact) mass is 294 g/mol. The maximum Gasteiger partial charge on any atom is 0.246 e. The molecule has 0 spiro atoms. The number of benzene rings is 1. The summed E-state index contributed by atoms with van der Waals surface area (Å²) in [6.45, 7) is 0.250. The predicted octanol–water partition coefficient (Wildman–Crippen LogP) is 0.732. The number of pyridine rings is 1. The number of aromatic amines is 1. The second-order valence-corrected chi connectivity index (χ2v) is 5.67. The lowest BCUT2D eigenvalue weighted by Gasteiger charge is -2.07. The summed E-state index contributed by atoms with van der Waals surface area (Å²) in [5.74, 6) is 0.657. The van der Waals surface area contributed by atoms with Gasteiger partial charge in [-0.1, -0.05) is 18.2 Å². The molecule has 20 heavy (non-hydrogen) atoms. The van der Waals surface area contributed by atoms with E-state index in [1.807, 2.05) is 18.2 Å². The first-order chi connectivity index (χ1) is 9.59. The second-order valence-electron chi connectivity index (χ2n) is 3.93. The normalized spacial score (nSPS) is 11.2. The van der Waals surface area contributed by atoms with Crippen molar-refractivity contribution in [1.29, 1.82) is 0 Å². The van der Waals surface area contributed by atoms with Crippen LogP contribution < -0.4 is 14.9 Å². The van der Waals surface area contributed by atoms with Gasteiger partial charge in [-0.15, -0.1) is 0 Å². The lowest BCUT2D eigenvalue weighted by atomic mass is 10.3. The fourth-order valence-corrected chi connectivity index (χ4v) is 2.61. The summed E-state index contributed by atoms with van der Waals surface area (Å²) < 4.78 is 31.4. The maximum absolute atomic E-state index is 11.9. The molecule has 7 heteroatoms. The molecule has 0 radical (unpaired) electrons. The average molecular weight is 294 g/mol. The number of rotatable bonds is 6. The molecule has 0 aliphatic heterocycles. The maximum atomic E-state index is 11.9. The van der Waals surface area contributed by atoms with Crippen LogP contribution in [0.4, 0.5) is 0 Å². The first kappa shape index (κ1) is 14.3. The van der Waals surface area contributed by atoms with E-state index in [9.17, 15) is 13.2 Å². The number of aromatic nitrogens is 1. The van der Waals surface area contributed by atoms with Crippen LogP contribution in [0.3, 0.4) is 0 Å². The Labute approximate surface area is 116 Å². The molecule has 0 aliphatic carbocycles. The van der Waals surface area contributed by atoms with Gasteiger partial charge in [-0.2, -0.15) is 0 Å². The highest BCUT2D eigenvalue weighted by Gasteiger charge is 2.16. The van der Waals surface area contributed by atoms with E-state index in [0.717, 1.165) is 12.3 Å². The molecule has 0 fully saturated rings. The molecule has 0 atom stereocenters. The van der Waals surface area contributed by atoms with Crippen molar-refractivity contribution in [1.82, 2.24) is 9.71 Å². The Morgan fingerprint density at radius 2 is 1.90 bits per heavy atom. The Bertz CT molecular complexity index is 710. The summed E-state index contributed by atoms with van der Waals surface area (Å²) in [6.07, 6.45) is 2.53. The zero-order valence-corrected chi connectivity index (χ0v) is 11.4. The molecule has 0 unspecified atom stereocenters. The van der Waals surface area contributed by atoms with Crippen molar-refractivity contribution in [3.05, 3.63) is 59.0 Å². The van der Waals surface area contributed by atoms with Crippen LogP contribution >= 0.6 is 0 Å². The van der Waals surface area contributed by atoms with Crippen LogP contribution in [-0.4, -0.2) is 26.6 Å². The summed E-state index contributed by atoms with van der Waals surface area (Å²) in [5.41, 5.74) is -0.555. The van der Waals surface area contributed by atoms with Crippen LogP contribution in [0.1, 0.15) is 0 Å². The predicted molar refractivity (Wildman–Crippen MR) is 74.2 cm³/mol. The van der Waals surface area contributed by atoms with Gasteiger partial charge in [-0.05, 0) is 12.1 Å². The van der Waals surface area contributed by atoms with Crippen LogP contribution in [0.25, 0.3) is 0 Å². The van der Waals surface area contributed by atoms with E-state index < -0.39 is 15.5 Å². The minimum absolute atomic E-state index is 0.0750. The first-order valence-electron chi connectivity index (χ1n) is 5.94. The van der Waals surface area contributed by atoms with Crippen molar-refractivity contribution >= 4 is 10.0 Å². The van der Waals surface area contributed by atoms with Gasteiger partial charge in [0.1, 0.15) is 17.3 Å². The van der Waals surface area contributed by atoms with E-state index in [1.54, 1.807) is 12.1 Å². The number of sulfonamides is 1. The summed E-state index contributed by atoms with van der Waals surface area (Å²) >= 11 is 0. The topological polar surface area (TPSA) is 88.3 Å². The zero-order valence-electron chi connectivity index (χ0n) is 10.6. The lowest BCUT2D eigenvalue weighted by molar-refractivity contribution is 0.323. The Morgan fingerprint density at radius 3 is 2.60 bits per heavy atom. The highest BCUT2D eigenvalue weighted by Crippen LogP contribution is 2.07. The molecule has 2 aromatic rings. The van der Waals surface area contributed by atoms with E-state index in [1.165, 1.54) is 6.20 Å². The number of para-hydroxylation sites is 1. The largest absolute Gasteiger partial charge is 0.492 e. The van der Waals surface area contributed by atoms with Gasteiger partial charge in [0.15, 0.2) is 0 Å². The Hall–Kier alpha value is -2.12. The molecule has 2 N–H and O–H groups in total. The second kappa shape index (κ2) is 6.36. The molecule has 1 heterocycles. The Kier molecular flexibility index (Phi) is 4.54. The van der Waals surface area contributed by atoms with Crippen LogP contribution in [0.5, 0.6) is 5.75 Å². The SMILES string of the molecule is O=c1cc[nH]cc1S(=O)(=O)NCCOc1ccccc1. The first-order valence-corrected chi connectivity index (χ1v) is 7.42. The third-order valence-electron chi connectivity index (χ3n) is 2.48. The van der Waals surface area contributed by atoms with Crippen LogP contribution in [-0.2, 0) is 10.0 Å². The Morgan fingerprint density at radius 1 is 1.15 bits per heavy atom. The van der Waals surface area contributed by atoms with Gasteiger partial charge in [0.2, 0.25) is 15.5 Å². The fraction of sp³-hybridized carbons (Fsp3) is 0.154. The van der Waals surface area contributed by atoms with Crippen molar-refractivity contribution in [2.24, 2.45) is 0 Å². The summed E-state index contributed by atoms with van der Waals surface area (Å²) in [6, 6.07) is 10.2. The summed E-state index contributed by atoms with van der Waals surface area (Å²) in [5, 5.41) is 0. The number of hydrogen-bond donors (Lipinski definition) is 2. The smallest absolute Gasteiger partial charge is 0.246 e. The van der Waals surface area contributed by atoms with E-state index in [2.05, 4.69) is 9.71 Å². The molecule has 1 aromatic carbocycles.